The number of aromatic hydroxyl groups is 1. The van der Waals surface area contributed by atoms with Gasteiger partial charge >= 0.3 is 0 Å². The van der Waals surface area contributed by atoms with Crippen molar-refractivity contribution < 1.29 is 24.3 Å². The van der Waals surface area contributed by atoms with Crippen LogP contribution in [-0.2, 0) is 24.6 Å². The monoisotopic (exact) mass is 721 g/mol. The first-order valence-electron chi connectivity index (χ1n) is 17.9. The highest BCUT2D eigenvalue weighted by atomic mass is 35.5. The zero-order chi connectivity index (χ0) is 36.8. The number of hydrogen-bond donors (Lipinski definition) is 2. The van der Waals surface area contributed by atoms with Crippen LogP contribution in [0.2, 0.25) is 5.02 Å². The van der Waals surface area contributed by atoms with Crippen LogP contribution >= 0.6 is 11.6 Å². The van der Waals surface area contributed by atoms with Gasteiger partial charge in [0.25, 0.3) is 11.8 Å². The molecule has 0 aromatic heterocycles. The number of benzene rings is 5. The van der Waals surface area contributed by atoms with Crippen molar-refractivity contribution in [1.82, 2.24) is 5.01 Å². The molecule has 8 nitrogen and oxygen atoms in total. The zero-order valence-electron chi connectivity index (χ0n) is 29.1. The summed E-state index contributed by atoms with van der Waals surface area (Å²) in [4.78, 5) is 60.5. The Labute approximate surface area is 311 Å². The highest BCUT2D eigenvalue weighted by molar-refractivity contribution is 6.32. The molecule has 2 aliphatic carbocycles. The lowest BCUT2D eigenvalue weighted by atomic mass is 9.48. The first-order chi connectivity index (χ1) is 25.6. The fourth-order valence-electron chi connectivity index (χ4n) is 9.62. The van der Waals surface area contributed by atoms with Crippen molar-refractivity contribution in [2.24, 2.45) is 23.7 Å². The van der Waals surface area contributed by atoms with Gasteiger partial charge in [-0.1, -0.05) is 108 Å². The highest BCUT2D eigenvalue weighted by Gasteiger charge is 2.70. The molecule has 0 unspecified atom stereocenters. The molecule has 264 valence electrons. The summed E-state index contributed by atoms with van der Waals surface area (Å²) in [5, 5.41) is 15.1. The molecule has 53 heavy (non-hydrogen) atoms. The molecule has 2 heterocycles. The Hall–Kier alpha value is -5.73. The SMILES string of the molecule is Cc1ccc(NN2C(=O)[C@@H]3C[C@@H]4C(=CC[C@@H]5C(=O)N(c6ccc(C)c(Cl)c6)C(=O)[C@@H]54)[C@H](c4c(O)ccc5ccccc45)[C@]3(c3ccccc3)C2=O)cc1. The lowest BCUT2D eigenvalue weighted by Crippen LogP contribution is -2.53. The molecule has 1 saturated carbocycles. The minimum atomic E-state index is -1.50. The molecule has 5 aromatic rings. The van der Waals surface area contributed by atoms with Gasteiger partial charge in [-0.2, -0.15) is 5.01 Å². The second kappa shape index (κ2) is 12.2. The number of aryl methyl sites for hydroxylation is 2. The molecular weight excluding hydrogens is 686 g/mol. The summed E-state index contributed by atoms with van der Waals surface area (Å²) in [7, 11) is 0. The molecule has 9 rings (SSSR count). The van der Waals surface area contributed by atoms with Crippen molar-refractivity contribution >= 4 is 57.4 Å². The Balaban J connectivity index is 1.28. The number of fused-ring (bicyclic) bond motifs is 5. The van der Waals surface area contributed by atoms with E-state index in [1.54, 1.807) is 24.3 Å². The minimum Gasteiger partial charge on any atom is -0.508 e. The lowest BCUT2D eigenvalue weighted by Gasteiger charge is -2.51. The van der Waals surface area contributed by atoms with Crippen LogP contribution in [0.1, 0.15) is 41.0 Å². The standard InChI is InChI=1S/C44H36ClN3O5/c1-24-12-16-28(17-13-24)46-48-41(51)34-23-33-31(19-20-32-37(33)42(52)47(40(32)50)29-18-14-25(2)35(45)22-29)39(44(34,43(48)53)27-9-4-3-5-10-27)38-30-11-7-6-8-26(30)15-21-36(38)49/h3-19,21-22,32-34,37,39,46,49H,20,23H2,1-2H3/t32-,33+,34-,37-,39+,44+/m0/s1. The molecule has 9 heteroatoms. The zero-order valence-corrected chi connectivity index (χ0v) is 29.9. The summed E-state index contributed by atoms with van der Waals surface area (Å²) in [6.07, 6.45) is 2.42. The van der Waals surface area contributed by atoms with Crippen molar-refractivity contribution in [3.63, 3.8) is 0 Å². The summed E-state index contributed by atoms with van der Waals surface area (Å²) in [5.74, 6) is -5.34. The predicted octanol–water partition coefficient (Wildman–Crippen LogP) is 8.01. The van der Waals surface area contributed by atoms with Gasteiger partial charge in [-0.05, 0) is 84.8 Å². The van der Waals surface area contributed by atoms with Crippen LogP contribution in [0.3, 0.4) is 0 Å². The van der Waals surface area contributed by atoms with E-state index in [9.17, 15) is 19.5 Å². The highest BCUT2D eigenvalue weighted by Crippen LogP contribution is 2.65. The number of hydrazine groups is 1. The molecule has 5 aromatic carbocycles. The number of rotatable bonds is 5. The van der Waals surface area contributed by atoms with E-state index in [2.05, 4.69) is 5.43 Å². The van der Waals surface area contributed by atoms with E-state index in [4.69, 9.17) is 11.6 Å². The Morgan fingerprint density at radius 1 is 0.792 bits per heavy atom. The molecule has 2 N–H and O–H groups in total. The summed E-state index contributed by atoms with van der Waals surface area (Å²) >= 11 is 6.48. The van der Waals surface area contributed by atoms with Gasteiger partial charge in [-0.15, -0.1) is 0 Å². The van der Waals surface area contributed by atoms with E-state index in [1.165, 1.54) is 4.90 Å². The molecular formula is C44H36ClN3O5. The maximum absolute atomic E-state index is 15.5. The van der Waals surface area contributed by atoms with Crippen LogP contribution in [0.25, 0.3) is 10.8 Å². The van der Waals surface area contributed by atoms with Crippen LogP contribution < -0.4 is 10.3 Å². The van der Waals surface area contributed by atoms with Crippen molar-refractivity contribution in [3.05, 3.63) is 148 Å². The topological polar surface area (TPSA) is 107 Å². The van der Waals surface area contributed by atoms with Crippen molar-refractivity contribution in [2.75, 3.05) is 10.3 Å². The summed E-state index contributed by atoms with van der Waals surface area (Å²) in [5.41, 5.74) is 6.41. The van der Waals surface area contributed by atoms with Gasteiger partial charge in [-0.3, -0.25) is 24.6 Å². The molecule has 0 bridgehead atoms. The molecule has 6 atom stereocenters. The number of phenolic OH excluding ortho intramolecular Hbond substituents is 1. The smallest absolute Gasteiger partial charge is 0.260 e. The number of imide groups is 2. The Morgan fingerprint density at radius 3 is 2.28 bits per heavy atom. The second-order valence-electron chi connectivity index (χ2n) is 14.8. The number of nitrogens with one attached hydrogen (secondary N) is 1. The fourth-order valence-corrected chi connectivity index (χ4v) is 9.80. The molecule has 2 saturated heterocycles. The van der Waals surface area contributed by atoms with Gasteiger partial charge < -0.3 is 5.11 Å². The Morgan fingerprint density at radius 2 is 1.53 bits per heavy atom. The molecule has 0 radical (unpaired) electrons. The summed E-state index contributed by atoms with van der Waals surface area (Å²) in [6, 6.07) is 33.1. The fraction of sp³-hybridized carbons (Fsp3) is 0.227. The average molecular weight is 722 g/mol. The first-order valence-corrected chi connectivity index (χ1v) is 18.3. The van der Waals surface area contributed by atoms with Crippen molar-refractivity contribution in [2.45, 2.75) is 38.0 Å². The van der Waals surface area contributed by atoms with Gasteiger partial charge in [0.2, 0.25) is 11.8 Å². The first kappa shape index (κ1) is 33.1. The number of halogens is 1. The average Bonchev–Trinajstić information content (AvgIpc) is 3.55. The van der Waals surface area contributed by atoms with Crippen molar-refractivity contribution in [3.8, 4) is 5.75 Å². The molecule has 3 fully saturated rings. The lowest BCUT2D eigenvalue weighted by molar-refractivity contribution is -0.138. The number of allylic oxidation sites excluding steroid dienone is 2. The van der Waals surface area contributed by atoms with Crippen LogP contribution in [0.15, 0.2) is 121 Å². The number of carbonyl (C=O) groups is 4. The predicted molar refractivity (Wildman–Crippen MR) is 203 cm³/mol. The third-order valence-electron chi connectivity index (χ3n) is 12.0. The van der Waals surface area contributed by atoms with Gasteiger partial charge in [-0.25, -0.2) is 4.90 Å². The van der Waals surface area contributed by atoms with Gasteiger partial charge in [0.05, 0.1) is 34.5 Å². The van der Waals surface area contributed by atoms with Gasteiger partial charge in [0.1, 0.15) is 5.75 Å². The third kappa shape index (κ3) is 4.74. The maximum Gasteiger partial charge on any atom is 0.260 e. The summed E-state index contributed by atoms with van der Waals surface area (Å²) in [6.45, 7) is 3.82. The molecule has 4 aliphatic rings. The van der Waals surface area contributed by atoms with E-state index < -0.39 is 46.8 Å². The van der Waals surface area contributed by atoms with Crippen molar-refractivity contribution in [1.29, 1.82) is 0 Å². The number of nitrogens with zero attached hydrogens (tertiary/aromatic N) is 2. The van der Waals surface area contributed by atoms with E-state index in [0.29, 0.717) is 27.5 Å². The molecule has 2 aliphatic heterocycles. The molecule has 0 spiro atoms. The maximum atomic E-state index is 15.5. The van der Waals surface area contributed by atoms with Gasteiger partial charge in [0.15, 0.2) is 0 Å². The quantitative estimate of drug-likeness (QED) is 0.141. The number of hydrogen-bond acceptors (Lipinski definition) is 6. The normalized spacial score (nSPS) is 26.4. The summed E-state index contributed by atoms with van der Waals surface area (Å²) < 4.78 is 0. The van der Waals surface area contributed by atoms with E-state index in [0.717, 1.165) is 32.5 Å². The third-order valence-corrected chi connectivity index (χ3v) is 12.5. The number of carbonyl (C=O) groups excluding carboxylic acids is 4. The number of anilines is 2. The van der Waals surface area contributed by atoms with Crippen LogP contribution in [0.4, 0.5) is 11.4 Å². The van der Waals surface area contributed by atoms with Gasteiger partial charge in [0, 0.05) is 16.5 Å². The second-order valence-corrected chi connectivity index (χ2v) is 15.2. The van der Waals surface area contributed by atoms with E-state index in [-0.39, 0.29) is 30.4 Å². The van der Waals surface area contributed by atoms with Crippen LogP contribution in [-0.4, -0.2) is 33.7 Å². The van der Waals surface area contributed by atoms with Crippen LogP contribution in [0, 0.1) is 37.5 Å². The minimum absolute atomic E-state index is 0.0126. The Kier molecular flexibility index (Phi) is 7.61. The Bertz CT molecular complexity index is 2410. The van der Waals surface area contributed by atoms with Crippen LogP contribution in [0.5, 0.6) is 5.75 Å². The van der Waals surface area contributed by atoms with E-state index in [1.807, 2.05) is 105 Å². The largest absolute Gasteiger partial charge is 0.508 e. The van der Waals surface area contributed by atoms with E-state index >= 15 is 4.79 Å². The number of amides is 4. The molecule has 4 amide bonds. The number of phenols is 1.